The largest absolute Gasteiger partial charge is 0.325 e. The van der Waals surface area contributed by atoms with E-state index in [-0.39, 0.29) is 25.0 Å². The number of urea groups is 1. The molecule has 16 heavy (non-hydrogen) atoms. The van der Waals surface area contributed by atoms with E-state index in [1.54, 1.807) is 13.8 Å². The van der Waals surface area contributed by atoms with Crippen LogP contribution in [0.15, 0.2) is 0 Å². The smallest absolute Gasteiger partial charge is 0.324 e. The van der Waals surface area contributed by atoms with Gasteiger partial charge >= 0.3 is 13.6 Å². The highest BCUT2D eigenvalue weighted by Gasteiger charge is 2.43. The highest BCUT2D eigenvalue weighted by atomic mass is 31.2. The first-order valence-electron chi connectivity index (χ1n) is 4.82. The Labute approximate surface area is 93.0 Å². The molecule has 1 rings (SSSR count). The highest BCUT2D eigenvalue weighted by Crippen LogP contribution is 2.35. The van der Waals surface area contributed by atoms with Crippen molar-refractivity contribution in [2.24, 2.45) is 0 Å². The van der Waals surface area contributed by atoms with E-state index in [2.05, 4.69) is 5.32 Å². The van der Waals surface area contributed by atoms with Crippen LogP contribution in [0.4, 0.5) is 4.79 Å². The Morgan fingerprint density at radius 1 is 1.38 bits per heavy atom. The topological polar surface area (TPSA) is 107 Å². The summed E-state index contributed by atoms with van der Waals surface area (Å²) < 4.78 is 10.6. The molecule has 3 amide bonds. The first-order chi connectivity index (χ1) is 7.13. The number of imide groups is 1. The molecule has 1 heterocycles. The Hall–Kier alpha value is -0.910. The Bertz CT molecular complexity index is 361. The summed E-state index contributed by atoms with van der Waals surface area (Å²) in [6.07, 6.45) is -0.232. The van der Waals surface area contributed by atoms with Crippen LogP contribution in [0.25, 0.3) is 0 Å². The molecule has 1 saturated heterocycles. The lowest BCUT2D eigenvalue weighted by molar-refractivity contribution is -0.130. The van der Waals surface area contributed by atoms with Crippen LogP contribution in [0, 0.1) is 0 Å². The van der Waals surface area contributed by atoms with Gasteiger partial charge in [0.2, 0.25) is 0 Å². The van der Waals surface area contributed by atoms with Gasteiger partial charge < -0.3 is 15.1 Å². The Kier molecular flexibility index (Phi) is 3.42. The summed E-state index contributed by atoms with van der Waals surface area (Å²) in [6.45, 7) is 3.19. The fourth-order valence-corrected chi connectivity index (χ4v) is 2.01. The molecule has 0 atom stereocenters. The van der Waals surface area contributed by atoms with Gasteiger partial charge in [-0.25, -0.2) is 4.79 Å². The van der Waals surface area contributed by atoms with Crippen molar-refractivity contribution in [3.63, 3.8) is 0 Å². The summed E-state index contributed by atoms with van der Waals surface area (Å²) in [6, 6.07) is -0.513. The molecule has 0 radical (unpaired) electrons. The van der Waals surface area contributed by atoms with Gasteiger partial charge in [-0.3, -0.25) is 14.3 Å². The molecule has 1 fully saturated rings. The summed E-state index contributed by atoms with van der Waals surface area (Å²) in [7, 11) is -4.06. The zero-order valence-corrected chi connectivity index (χ0v) is 10.0. The second-order valence-electron chi connectivity index (χ2n) is 4.25. The van der Waals surface area contributed by atoms with Gasteiger partial charge in [0.1, 0.15) is 5.54 Å². The fourth-order valence-electron chi connectivity index (χ4n) is 1.46. The molecule has 1 aliphatic heterocycles. The molecule has 0 aromatic carbocycles. The van der Waals surface area contributed by atoms with E-state index in [0.717, 1.165) is 4.90 Å². The number of nitrogens with zero attached hydrogens (tertiary/aromatic N) is 1. The Morgan fingerprint density at radius 3 is 2.31 bits per heavy atom. The van der Waals surface area contributed by atoms with Crippen molar-refractivity contribution in [2.45, 2.75) is 25.8 Å². The third-order valence-electron chi connectivity index (χ3n) is 2.28. The van der Waals surface area contributed by atoms with Gasteiger partial charge in [0.25, 0.3) is 5.91 Å². The van der Waals surface area contributed by atoms with E-state index in [4.69, 9.17) is 9.79 Å². The zero-order chi connectivity index (χ0) is 12.6. The number of nitrogens with one attached hydrogen (secondary N) is 1. The Morgan fingerprint density at radius 2 is 1.94 bits per heavy atom. The van der Waals surface area contributed by atoms with Crippen LogP contribution >= 0.6 is 7.60 Å². The monoisotopic (exact) mass is 250 g/mol. The van der Waals surface area contributed by atoms with Crippen molar-refractivity contribution < 1.29 is 23.9 Å². The SMILES string of the molecule is CC1(C)NC(=O)N(CCCP(=O)(O)O)C1=O. The summed E-state index contributed by atoms with van der Waals surface area (Å²) in [5, 5.41) is 2.48. The van der Waals surface area contributed by atoms with Crippen molar-refractivity contribution in [3.05, 3.63) is 0 Å². The van der Waals surface area contributed by atoms with Crippen molar-refractivity contribution in [2.75, 3.05) is 12.7 Å². The van der Waals surface area contributed by atoms with Crippen molar-refractivity contribution in [1.29, 1.82) is 0 Å². The number of carbonyl (C=O) groups is 2. The van der Waals surface area contributed by atoms with Crippen LogP contribution in [-0.4, -0.2) is 44.9 Å². The van der Waals surface area contributed by atoms with Gasteiger partial charge in [-0.05, 0) is 20.3 Å². The van der Waals surface area contributed by atoms with E-state index in [1.807, 2.05) is 0 Å². The average Bonchev–Trinajstić information content (AvgIpc) is 2.25. The minimum Gasteiger partial charge on any atom is -0.324 e. The molecule has 3 N–H and O–H groups in total. The van der Waals surface area contributed by atoms with Crippen molar-refractivity contribution in [1.82, 2.24) is 10.2 Å². The van der Waals surface area contributed by atoms with E-state index < -0.39 is 19.2 Å². The molecule has 1 aliphatic rings. The molecule has 0 unspecified atom stereocenters. The molecule has 0 aliphatic carbocycles. The normalized spacial score (nSPS) is 20.1. The van der Waals surface area contributed by atoms with Gasteiger partial charge in [-0.15, -0.1) is 0 Å². The molecule has 0 aromatic heterocycles. The second-order valence-corrected chi connectivity index (χ2v) is 6.03. The summed E-state index contributed by atoms with van der Waals surface area (Å²) in [5.41, 5.74) is -0.931. The molecular weight excluding hydrogens is 235 g/mol. The lowest BCUT2D eigenvalue weighted by Gasteiger charge is -2.15. The van der Waals surface area contributed by atoms with Crippen molar-refractivity contribution in [3.8, 4) is 0 Å². The molecule has 0 aromatic rings. The van der Waals surface area contributed by atoms with Gasteiger partial charge in [-0.1, -0.05) is 0 Å². The maximum absolute atomic E-state index is 11.6. The highest BCUT2D eigenvalue weighted by molar-refractivity contribution is 7.51. The number of hydrogen-bond acceptors (Lipinski definition) is 3. The third kappa shape index (κ3) is 3.04. The molecule has 7 nitrogen and oxygen atoms in total. The van der Waals surface area contributed by atoms with E-state index in [9.17, 15) is 14.2 Å². The molecule has 8 heteroatoms. The standard InChI is InChI=1S/C8H15N2O5P/c1-8(2)6(11)10(7(12)9-8)4-3-5-16(13,14)15/h3-5H2,1-2H3,(H,9,12)(H2,13,14,15). The molecule has 0 saturated carbocycles. The van der Waals surface area contributed by atoms with Gasteiger partial charge in [0, 0.05) is 6.54 Å². The number of amides is 3. The lowest BCUT2D eigenvalue weighted by atomic mass is 10.1. The minimum absolute atomic E-state index is 0.0270. The first-order valence-corrected chi connectivity index (χ1v) is 6.62. The van der Waals surface area contributed by atoms with Crippen LogP contribution in [0.3, 0.4) is 0 Å². The van der Waals surface area contributed by atoms with Crippen LogP contribution in [-0.2, 0) is 9.36 Å². The van der Waals surface area contributed by atoms with E-state index >= 15 is 0 Å². The number of hydrogen-bond donors (Lipinski definition) is 3. The van der Waals surface area contributed by atoms with E-state index in [0.29, 0.717) is 0 Å². The quantitative estimate of drug-likeness (QED) is 0.476. The maximum atomic E-state index is 11.6. The van der Waals surface area contributed by atoms with E-state index in [1.165, 1.54) is 0 Å². The number of rotatable bonds is 4. The maximum Gasteiger partial charge on any atom is 0.325 e. The molecule has 92 valence electrons. The predicted octanol–water partition coefficient (Wildman–Crippen LogP) is -0.115. The molecular formula is C8H15N2O5P. The third-order valence-corrected chi connectivity index (χ3v) is 3.17. The molecule has 0 bridgehead atoms. The zero-order valence-electron chi connectivity index (χ0n) is 9.13. The minimum atomic E-state index is -4.06. The van der Waals surface area contributed by atoms with Crippen LogP contribution < -0.4 is 5.32 Å². The number of carbonyl (C=O) groups excluding carboxylic acids is 2. The lowest BCUT2D eigenvalue weighted by Crippen LogP contribution is -2.40. The Balaban J connectivity index is 2.53. The van der Waals surface area contributed by atoms with Crippen LogP contribution in [0.5, 0.6) is 0 Å². The van der Waals surface area contributed by atoms with Gasteiger partial charge in [0.05, 0.1) is 6.16 Å². The van der Waals surface area contributed by atoms with Gasteiger partial charge in [0.15, 0.2) is 0 Å². The fraction of sp³-hybridized carbons (Fsp3) is 0.750. The van der Waals surface area contributed by atoms with Crippen molar-refractivity contribution >= 4 is 19.5 Å². The average molecular weight is 250 g/mol. The van der Waals surface area contributed by atoms with Gasteiger partial charge in [-0.2, -0.15) is 0 Å². The molecule has 0 spiro atoms. The van der Waals surface area contributed by atoms with Crippen LogP contribution in [0.2, 0.25) is 0 Å². The summed E-state index contributed by atoms with van der Waals surface area (Å²) >= 11 is 0. The first kappa shape index (κ1) is 13.2. The summed E-state index contributed by atoms with van der Waals surface area (Å²) in [5.74, 6) is -0.372. The summed E-state index contributed by atoms with van der Waals surface area (Å²) in [4.78, 5) is 41.2. The van der Waals surface area contributed by atoms with Crippen LogP contribution in [0.1, 0.15) is 20.3 Å². The predicted molar refractivity (Wildman–Crippen MR) is 55.9 cm³/mol. The second kappa shape index (κ2) is 4.16.